The zero-order valence-electron chi connectivity index (χ0n) is 19.1. The maximum absolute atomic E-state index is 13.5. The second kappa shape index (κ2) is 10.1. The number of carbonyl (C=O) groups excluding carboxylic acids is 1. The minimum absolute atomic E-state index is 0.0334. The Labute approximate surface area is 202 Å². The van der Waals surface area contributed by atoms with Crippen molar-refractivity contribution >= 4 is 23.4 Å². The molecule has 1 saturated heterocycles. The monoisotopic (exact) mass is 482 g/mol. The van der Waals surface area contributed by atoms with Gasteiger partial charge in [0.1, 0.15) is 11.6 Å². The molecular weight excluding hydrogens is 455 g/mol. The topological polar surface area (TPSA) is 69.5 Å². The molecule has 9 heteroatoms. The van der Waals surface area contributed by atoms with E-state index in [0.717, 1.165) is 54.9 Å². The molecule has 2 aromatic carbocycles. The van der Waals surface area contributed by atoms with Crippen LogP contribution in [-0.2, 0) is 22.5 Å². The molecule has 0 N–H and O–H groups in total. The lowest BCUT2D eigenvalue weighted by Gasteiger charge is -2.29. The fourth-order valence-corrected chi connectivity index (χ4v) is 5.35. The number of halogens is 1. The van der Waals surface area contributed by atoms with Crippen molar-refractivity contribution < 1.29 is 18.7 Å². The summed E-state index contributed by atoms with van der Waals surface area (Å²) < 4.78 is 26.6. The van der Waals surface area contributed by atoms with Crippen LogP contribution in [0.4, 0.5) is 10.1 Å². The maximum atomic E-state index is 13.5. The molecule has 0 bridgehead atoms. The Bertz CT molecular complexity index is 1160. The van der Waals surface area contributed by atoms with Crippen LogP contribution in [0.5, 0.6) is 5.75 Å². The van der Waals surface area contributed by atoms with Gasteiger partial charge in [-0.05, 0) is 73.7 Å². The van der Waals surface area contributed by atoms with E-state index in [0.29, 0.717) is 24.1 Å². The number of amides is 1. The first-order chi connectivity index (χ1) is 16.6. The van der Waals surface area contributed by atoms with Gasteiger partial charge in [-0.2, -0.15) is 0 Å². The fourth-order valence-electron chi connectivity index (χ4n) is 4.53. The Morgan fingerprint density at radius 3 is 2.82 bits per heavy atom. The van der Waals surface area contributed by atoms with Crippen molar-refractivity contribution in [3.63, 3.8) is 0 Å². The summed E-state index contributed by atoms with van der Waals surface area (Å²) in [6.45, 7) is 2.05. The van der Waals surface area contributed by atoms with Crippen molar-refractivity contribution in [1.82, 2.24) is 14.8 Å². The van der Waals surface area contributed by atoms with E-state index in [9.17, 15) is 9.18 Å². The van der Waals surface area contributed by atoms with Crippen LogP contribution in [0.2, 0.25) is 0 Å². The largest absolute Gasteiger partial charge is 0.497 e. The van der Waals surface area contributed by atoms with Gasteiger partial charge in [0.05, 0.1) is 25.5 Å². The summed E-state index contributed by atoms with van der Waals surface area (Å²) in [5, 5.41) is 9.42. The molecule has 0 aliphatic carbocycles. The Morgan fingerprint density at radius 1 is 1.21 bits per heavy atom. The standard InChI is InChI=1S/C25H27FN4O3S/c1-32-20-10-11-22-18(14-20)4-2-12-29(22)23(31)16-34-25-28-27-24(17-6-8-19(26)9-7-17)30(25)15-21-5-3-13-33-21/h6-11,14,21H,2-5,12-13,15-16H2,1H3. The van der Waals surface area contributed by atoms with Crippen LogP contribution in [0.3, 0.4) is 0 Å². The molecule has 178 valence electrons. The zero-order valence-corrected chi connectivity index (χ0v) is 19.9. The number of benzene rings is 2. The van der Waals surface area contributed by atoms with Gasteiger partial charge in [-0.3, -0.25) is 9.36 Å². The Morgan fingerprint density at radius 2 is 2.06 bits per heavy atom. The van der Waals surface area contributed by atoms with Crippen molar-refractivity contribution in [1.29, 1.82) is 0 Å². The molecule has 7 nitrogen and oxygen atoms in total. The zero-order chi connectivity index (χ0) is 23.5. The van der Waals surface area contributed by atoms with Gasteiger partial charge in [-0.25, -0.2) is 4.39 Å². The number of anilines is 1. The van der Waals surface area contributed by atoms with Gasteiger partial charge in [-0.15, -0.1) is 10.2 Å². The number of ether oxygens (including phenoxy) is 2. The lowest BCUT2D eigenvalue weighted by molar-refractivity contribution is -0.116. The minimum Gasteiger partial charge on any atom is -0.497 e. The number of aromatic nitrogens is 3. The first kappa shape index (κ1) is 22.9. The van der Waals surface area contributed by atoms with Crippen LogP contribution in [0, 0.1) is 5.82 Å². The number of hydrogen-bond donors (Lipinski definition) is 0. The van der Waals surface area contributed by atoms with Crippen molar-refractivity contribution in [2.75, 3.05) is 30.9 Å². The van der Waals surface area contributed by atoms with Gasteiger partial charge in [0, 0.05) is 24.4 Å². The highest BCUT2D eigenvalue weighted by atomic mass is 32.2. The molecule has 34 heavy (non-hydrogen) atoms. The number of fused-ring (bicyclic) bond motifs is 1. The predicted octanol–water partition coefficient (Wildman–Crippen LogP) is 4.34. The highest BCUT2D eigenvalue weighted by Crippen LogP contribution is 2.32. The predicted molar refractivity (Wildman–Crippen MR) is 129 cm³/mol. The first-order valence-corrected chi connectivity index (χ1v) is 12.5. The lowest BCUT2D eigenvalue weighted by atomic mass is 10.0. The summed E-state index contributed by atoms with van der Waals surface area (Å²) >= 11 is 1.38. The van der Waals surface area contributed by atoms with Gasteiger partial charge >= 0.3 is 0 Å². The van der Waals surface area contributed by atoms with E-state index < -0.39 is 0 Å². The molecule has 2 aliphatic rings. The molecular formula is C25H27FN4O3S. The van der Waals surface area contributed by atoms with E-state index >= 15 is 0 Å². The molecule has 0 spiro atoms. The van der Waals surface area contributed by atoms with Crippen LogP contribution in [0.25, 0.3) is 11.4 Å². The number of aryl methyl sites for hydroxylation is 1. The van der Waals surface area contributed by atoms with E-state index in [-0.39, 0.29) is 23.6 Å². The third kappa shape index (κ3) is 4.81. The first-order valence-electron chi connectivity index (χ1n) is 11.5. The van der Waals surface area contributed by atoms with Gasteiger partial charge in [0.2, 0.25) is 5.91 Å². The summed E-state index contributed by atoms with van der Waals surface area (Å²) in [6.07, 6.45) is 3.92. The highest BCUT2D eigenvalue weighted by Gasteiger charge is 2.25. The number of methoxy groups -OCH3 is 1. The summed E-state index contributed by atoms with van der Waals surface area (Å²) in [5.74, 6) is 1.44. The average molecular weight is 483 g/mol. The molecule has 3 aromatic rings. The van der Waals surface area contributed by atoms with Crippen LogP contribution in [0.15, 0.2) is 47.6 Å². The van der Waals surface area contributed by atoms with Crippen LogP contribution < -0.4 is 9.64 Å². The Kier molecular flexibility index (Phi) is 6.82. The van der Waals surface area contributed by atoms with E-state index in [2.05, 4.69) is 10.2 Å². The van der Waals surface area contributed by atoms with Crippen LogP contribution in [0.1, 0.15) is 24.8 Å². The number of hydrogen-bond acceptors (Lipinski definition) is 6. The van der Waals surface area contributed by atoms with E-state index in [1.165, 1.54) is 23.9 Å². The van der Waals surface area contributed by atoms with Gasteiger partial charge in [0.25, 0.3) is 0 Å². The summed E-state index contributed by atoms with van der Waals surface area (Å²) in [6, 6.07) is 12.1. The third-order valence-electron chi connectivity index (χ3n) is 6.26. The molecule has 1 unspecified atom stereocenters. The molecule has 3 heterocycles. The second-order valence-electron chi connectivity index (χ2n) is 8.49. The molecule has 0 radical (unpaired) electrons. The summed E-state index contributed by atoms with van der Waals surface area (Å²) in [5.41, 5.74) is 2.86. The molecule has 1 fully saturated rings. The quantitative estimate of drug-likeness (QED) is 0.467. The maximum Gasteiger partial charge on any atom is 0.237 e. The van der Waals surface area contributed by atoms with Crippen molar-refractivity contribution in [3.05, 3.63) is 53.8 Å². The minimum atomic E-state index is -0.298. The van der Waals surface area contributed by atoms with Gasteiger partial charge in [-0.1, -0.05) is 11.8 Å². The molecule has 1 amide bonds. The normalized spacial score (nSPS) is 17.6. The molecule has 0 saturated carbocycles. The van der Waals surface area contributed by atoms with Crippen molar-refractivity contribution in [2.45, 2.75) is 43.5 Å². The highest BCUT2D eigenvalue weighted by molar-refractivity contribution is 7.99. The fraction of sp³-hybridized carbons (Fsp3) is 0.400. The molecule has 1 atom stereocenters. The number of rotatable bonds is 7. The van der Waals surface area contributed by atoms with E-state index in [4.69, 9.17) is 9.47 Å². The van der Waals surface area contributed by atoms with E-state index in [1.807, 2.05) is 27.7 Å². The SMILES string of the molecule is COc1ccc2c(c1)CCCN2C(=O)CSc1nnc(-c2ccc(F)cc2)n1CC1CCCO1. The molecule has 5 rings (SSSR count). The Balaban J connectivity index is 1.35. The number of thioether (sulfide) groups is 1. The third-order valence-corrected chi connectivity index (χ3v) is 7.21. The van der Waals surface area contributed by atoms with Crippen LogP contribution >= 0.6 is 11.8 Å². The van der Waals surface area contributed by atoms with E-state index in [1.54, 1.807) is 19.2 Å². The second-order valence-corrected chi connectivity index (χ2v) is 9.43. The van der Waals surface area contributed by atoms with Crippen molar-refractivity contribution in [2.24, 2.45) is 0 Å². The summed E-state index contributed by atoms with van der Waals surface area (Å²) in [7, 11) is 1.65. The van der Waals surface area contributed by atoms with Crippen LogP contribution in [-0.4, -0.2) is 52.8 Å². The van der Waals surface area contributed by atoms with Crippen molar-refractivity contribution in [3.8, 4) is 17.1 Å². The summed E-state index contributed by atoms with van der Waals surface area (Å²) in [4.78, 5) is 15.1. The number of carbonyl (C=O) groups is 1. The lowest BCUT2D eigenvalue weighted by Crippen LogP contribution is -2.36. The molecule has 1 aromatic heterocycles. The Hall–Kier alpha value is -2.91. The molecule has 2 aliphatic heterocycles. The smallest absolute Gasteiger partial charge is 0.237 e. The number of nitrogens with zero attached hydrogens (tertiary/aromatic N) is 4. The van der Waals surface area contributed by atoms with Gasteiger partial charge < -0.3 is 14.4 Å². The average Bonchev–Trinajstić information content (AvgIpc) is 3.53. The van der Waals surface area contributed by atoms with Gasteiger partial charge in [0.15, 0.2) is 11.0 Å².